The number of sulfonamides is 1. The molecule has 0 bridgehead atoms. The van der Waals surface area contributed by atoms with Crippen molar-refractivity contribution in [1.82, 2.24) is 4.31 Å². The summed E-state index contributed by atoms with van der Waals surface area (Å²) in [4.78, 5) is 12.8. The van der Waals surface area contributed by atoms with Gasteiger partial charge in [-0.15, -0.1) is 11.8 Å². The molecule has 1 aliphatic heterocycles. The van der Waals surface area contributed by atoms with Crippen molar-refractivity contribution >= 4 is 51.0 Å². The molecule has 2 heterocycles. The van der Waals surface area contributed by atoms with Gasteiger partial charge in [-0.25, -0.2) is 22.0 Å². The molecule has 3 aromatic rings. The van der Waals surface area contributed by atoms with E-state index >= 15 is 0 Å². The van der Waals surface area contributed by atoms with E-state index in [1.54, 1.807) is 0 Å². The summed E-state index contributed by atoms with van der Waals surface area (Å²) in [5.41, 5.74) is 0.428. The normalized spacial score (nSPS) is 17.8. The molecule has 9 nitrogen and oxygen atoms in total. The summed E-state index contributed by atoms with van der Waals surface area (Å²) in [6.07, 6.45) is 2.41. The van der Waals surface area contributed by atoms with Gasteiger partial charge in [-0.2, -0.15) is 17.8 Å². The molecule has 1 saturated carbocycles. The molecule has 2 aromatic carbocycles. The van der Waals surface area contributed by atoms with Crippen LogP contribution in [0.3, 0.4) is 0 Å². The van der Waals surface area contributed by atoms with Gasteiger partial charge in [0.1, 0.15) is 32.7 Å². The Morgan fingerprint density at radius 1 is 1.09 bits per heavy atom. The predicted octanol–water partition coefficient (Wildman–Crippen LogP) is 5.89. The Kier molecular flexibility index (Phi) is 10.2. The van der Waals surface area contributed by atoms with Crippen molar-refractivity contribution in [3.8, 4) is 11.5 Å². The van der Waals surface area contributed by atoms with E-state index in [9.17, 15) is 36.0 Å². The zero-order valence-corrected chi connectivity index (χ0v) is 26.2. The van der Waals surface area contributed by atoms with E-state index in [4.69, 9.17) is 32.7 Å². The summed E-state index contributed by atoms with van der Waals surface area (Å²) in [7, 11) is -4.61. The van der Waals surface area contributed by atoms with Gasteiger partial charge in [0.25, 0.3) is 0 Å². The number of hydrogen-bond acceptors (Lipinski definition) is 8. The molecule has 17 heteroatoms. The molecule has 0 amide bonds. The third-order valence-corrected chi connectivity index (χ3v) is 10.8. The highest BCUT2D eigenvalue weighted by molar-refractivity contribution is 8.02. The number of nitrogens with zero attached hydrogens (tertiary/aromatic N) is 2. The number of halogens is 6. The van der Waals surface area contributed by atoms with Crippen molar-refractivity contribution in [3.05, 3.63) is 86.8 Å². The number of esters is 1. The molecule has 2 aliphatic rings. The summed E-state index contributed by atoms with van der Waals surface area (Å²) in [6.45, 7) is -3.09. The summed E-state index contributed by atoms with van der Waals surface area (Å²) < 4.78 is 98.2. The Labute approximate surface area is 269 Å². The van der Waals surface area contributed by atoms with E-state index in [0.717, 1.165) is 53.4 Å². The smallest absolute Gasteiger partial charge is 0.387 e. The van der Waals surface area contributed by atoms with Crippen LogP contribution in [-0.4, -0.2) is 49.6 Å². The SMILES string of the molecule is O=C(O[C@@H](Cc1c(Cl)c[n+]([O-])cc1Cl)c1ccc(OC(F)F)c(OCC2CC2)c1)C1SCCN1S(=O)(=O)c1ccc(F)cc1F. The van der Waals surface area contributed by atoms with E-state index < -0.39 is 50.6 Å². The number of aromatic nitrogens is 1. The molecule has 45 heavy (non-hydrogen) atoms. The van der Waals surface area contributed by atoms with Crippen LogP contribution >= 0.6 is 35.0 Å². The maximum atomic E-state index is 14.5. The molecule has 0 N–H and O–H groups in total. The van der Waals surface area contributed by atoms with Gasteiger partial charge < -0.3 is 19.4 Å². The molecule has 0 spiro atoms. The molecular weight excluding hydrogens is 687 g/mol. The van der Waals surface area contributed by atoms with Gasteiger partial charge in [-0.3, -0.25) is 0 Å². The van der Waals surface area contributed by atoms with Crippen molar-refractivity contribution in [1.29, 1.82) is 0 Å². The van der Waals surface area contributed by atoms with E-state index in [0.29, 0.717) is 10.8 Å². The predicted molar refractivity (Wildman–Crippen MR) is 156 cm³/mol. The van der Waals surface area contributed by atoms with Gasteiger partial charge in [0.15, 0.2) is 29.3 Å². The fourth-order valence-corrected chi connectivity index (χ4v) is 8.25. The van der Waals surface area contributed by atoms with Gasteiger partial charge in [-0.1, -0.05) is 29.3 Å². The summed E-state index contributed by atoms with van der Waals surface area (Å²) >= 11 is 13.5. The lowest BCUT2D eigenvalue weighted by Gasteiger charge is -2.26. The Balaban J connectivity index is 1.48. The molecule has 1 saturated heterocycles. The molecule has 5 rings (SSSR count). The standard InChI is InChI=1S/C28H24Cl2F4N2O7S2/c29-19-12-35(38)13-20(30)18(19)11-23(16-3-5-22(43-28(33)34)24(9-16)41-14-15-1-2-15)42-27(37)26-36(7-8-44-26)45(39,40)25-6-4-17(31)10-21(25)32/h3-6,9-10,12-13,15,23,26,28H,1-2,7-8,11,14H2/t23-,26?/m0/s1. The number of carbonyl (C=O) groups is 1. The van der Waals surface area contributed by atoms with Crippen LogP contribution in [0.15, 0.2) is 53.7 Å². The van der Waals surface area contributed by atoms with Crippen molar-refractivity contribution in [2.75, 3.05) is 18.9 Å². The molecule has 1 aromatic heterocycles. The Morgan fingerprint density at radius 3 is 2.44 bits per heavy atom. The van der Waals surface area contributed by atoms with Crippen LogP contribution in [0.2, 0.25) is 10.0 Å². The van der Waals surface area contributed by atoms with Gasteiger partial charge in [0.05, 0.1) is 6.61 Å². The molecule has 1 unspecified atom stereocenters. The summed E-state index contributed by atoms with van der Waals surface area (Å²) in [5.74, 6) is -3.24. The fourth-order valence-electron chi connectivity index (χ4n) is 4.56. The Morgan fingerprint density at radius 2 is 1.80 bits per heavy atom. The van der Waals surface area contributed by atoms with E-state index in [1.807, 2.05) is 0 Å². The molecule has 1 aliphatic carbocycles. The minimum absolute atomic E-state index is 0.0466. The second-order valence-electron chi connectivity index (χ2n) is 10.2. The molecule has 2 atom stereocenters. The average molecular weight is 712 g/mol. The van der Waals surface area contributed by atoms with E-state index in [1.165, 1.54) is 18.2 Å². The van der Waals surface area contributed by atoms with Crippen LogP contribution in [0, 0.1) is 22.8 Å². The number of alkyl halides is 2. The van der Waals surface area contributed by atoms with Crippen LogP contribution < -0.4 is 14.2 Å². The number of benzene rings is 2. The van der Waals surface area contributed by atoms with Crippen LogP contribution in [-0.2, 0) is 26.0 Å². The zero-order chi connectivity index (χ0) is 32.5. The fraction of sp³-hybridized carbons (Fsp3) is 0.357. The Bertz CT molecular complexity index is 1680. The Hall–Kier alpha value is -2.98. The number of thioether (sulfide) groups is 1. The highest BCUT2D eigenvalue weighted by Crippen LogP contribution is 2.39. The van der Waals surface area contributed by atoms with Crippen molar-refractivity contribution < 1.29 is 49.7 Å². The van der Waals surface area contributed by atoms with Crippen molar-refractivity contribution in [2.24, 2.45) is 5.92 Å². The quantitative estimate of drug-likeness (QED) is 0.0992. The molecule has 2 fully saturated rings. The summed E-state index contributed by atoms with van der Waals surface area (Å²) in [5, 5.41) is 10.2. The minimum atomic E-state index is -4.61. The monoisotopic (exact) mass is 710 g/mol. The lowest BCUT2D eigenvalue weighted by Crippen LogP contribution is -2.41. The molecule has 0 radical (unpaired) electrons. The first-order chi connectivity index (χ1) is 21.3. The first kappa shape index (κ1) is 33.4. The van der Waals surface area contributed by atoms with Crippen LogP contribution in [0.4, 0.5) is 17.6 Å². The topological polar surface area (TPSA) is 109 Å². The van der Waals surface area contributed by atoms with Crippen LogP contribution in [0.5, 0.6) is 11.5 Å². The van der Waals surface area contributed by atoms with Gasteiger partial charge in [-0.05, 0) is 48.6 Å². The number of carbonyl (C=O) groups excluding carboxylic acids is 1. The van der Waals surface area contributed by atoms with Crippen LogP contribution in [0.25, 0.3) is 0 Å². The third-order valence-electron chi connectivity index (χ3n) is 6.96. The number of hydrogen-bond donors (Lipinski definition) is 0. The van der Waals surface area contributed by atoms with Crippen LogP contribution in [0.1, 0.15) is 30.1 Å². The van der Waals surface area contributed by atoms with E-state index in [2.05, 4.69) is 4.74 Å². The minimum Gasteiger partial charge on any atom is -0.619 e. The summed E-state index contributed by atoms with van der Waals surface area (Å²) in [6, 6.07) is 5.88. The number of rotatable bonds is 12. The number of ether oxygens (including phenoxy) is 3. The second-order valence-corrected chi connectivity index (χ2v) is 14.0. The van der Waals surface area contributed by atoms with Gasteiger partial charge >= 0.3 is 12.6 Å². The maximum Gasteiger partial charge on any atom is 0.387 e. The first-order valence-electron chi connectivity index (χ1n) is 13.4. The largest absolute Gasteiger partial charge is 0.619 e. The van der Waals surface area contributed by atoms with Gasteiger partial charge in [0, 0.05) is 30.3 Å². The number of pyridine rings is 1. The maximum absolute atomic E-state index is 14.5. The second kappa shape index (κ2) is 13.8. The van der Waals surface area contributed by atoms with Gasteiger partial charge in [0.2, 0.25) is 10.0 Å². The lowest BCUT2D eigenvalue weighted by atomic mass is 10.0. The zero-order valence-electron chi connectivity index (χ0n) is 23.0. The van der Waals surface area contributed by atoms with Crippen molar-refractivity contribution in [3.63, 3.8) is 0 Å². The van der Waals surface area contributed by atoms with E-state index in [-0.39, 0.29) is 63.9 Å². The average Bonchev–Trinajstić information content (AvgIpc) is 3.64. The first-order valence-corrected chi connectivity index (χ1v) is 16.6. The third kappa shape index (κ3) is 7.88. The molecular formula is C28H24Cl2F4N2O7S2. The highest BCUT2D eigenvalue weighted by Gasteiger charge is 2.43. The highest BCUT2D eigenvalue weighted by atomic mass is 35.5. The lowest BCUT2D eigenvalue weighted by molar-refractivity contribution is -0.605. The van der Waals surface area contributed by atoms with Crippen molar-refractivity contribution in [2.45, 2.75) is 42.2 Å². The molecule has 242 valence electrons.